The van der Waals surface area contributed by atoms with Crippen LogP contribution in [0.25, 0.3) is 0 Å². The number of hydrogen-bond donors (Lipinski definition) is 3. The van der Waals surface area contributed by atoms with Crippen LogP contribution in [0.2, 0.25) is 0 Å². The molecule has 1 atom stereocenters. The van der Waals surface area contributed by atoms with E-state index in [9.17, 15) is 10.1 Å². The second-order valence-electron chi connectivity index (χ2n) is 2.15. The SMILES string of the molecule is CC(CO)(C(O)O)[N+](=O)[O-]. The first-order chi connectivity index (χ1) is 4.45. The lowest BCUT2D eigenvalue weighted by atomic mass is 10.1. The van der Waals surface area contributed by atoms with E-state index in [4.69, 9.17) is 15.3 Å². The number of aliphatic hydroxyl groups is 3. The molecule has 6 heteroatoms. The van der Waals surface area contributed by atoms with Gasteiger partial charge in [0, 0.05) is 11.8 Å². The molecule has 1 unspecified atom stereocenters. The number of nitrogens with zero attached hydrogens (tertiary/aromatic N) is 1. The van der Waals surface area contributed by atoms with E-state index in [0.717, 1.165) is 6.92 Å². The minimum Gasteiger partial charge on any atom is -0.389 e. The maximum absolute atomic E-state index is 10.0. The second-order valence-corrected chi connectivity index (χ2v) is 2.15. The van der Waals surface area contributed by atoms with Gasteiger partial charge < -0.3 is 15.3 Å². The van der Waals surface area contributed by atoms with Crippen LogP contribution in [0.5, 0.6) is 0 Å². The first-order valence-electron chi connectivity index (χ1n) is 2.56. The van der Waals surface area contributed by atoms with Gasteiger partial charge in [-0.3, -0.25) is 10.1 Å². The van der Waals surface area contributed by atoms with E-state index in [2.05, 4.69) is 0 Å². The summed E-state index contributed by atoms with van der Waals surface area (Å²) in [7, 11) is 0. The lowest BCUT2D eigenvalue weighted by Gasteiger charge is -2.19. The van der Waals surface area contributed by atoms with Gasteiger partial charge in [0.1, 0.15) is 6.61 Å². The van der Waals surface area contributed by atoms with Gasteiger partial charge in [0.05, 0.1) is 0 Å². The van der Waals surface area contributed by atoms with E-state index in [1.54, 1.807) is 0 Å². The van der Waals surface area contributed by atoms with Crippen molar-refractivity contribution in [3.05, 3.63) is 10.1 Å². The Balaban J connectivity index is 4.38. The molecule has 3 N–H and O–H groups in total. The van der Waals surface area contributed by atoms with Gasteiger partial charge in [-0.05, 0) is 0 Å². The monoisotopic (exact) mass is 151 g/mol. The Morgan fingerprint density at radius 1 is 1.70 bits per heavy atom. The third kappa shape index (κ3) is 1.41. The van der Waals surface area contributed by atoms with Crippen LogP contribution in [0, 0.1) is 10.1 Å². The molecule has 0 aliphatic carbocycles. The normalized spacial score (nSPS) is 16.9. The Labute approximate surface area is 56.9 Å². The fourth-order valence-corrected chi connectivity index (χ4v) is 0.234. The van der Waals surface area contributed by atoms with Gasteiger partial charge in [-0.1, -0.05) is 0 Å². The zero-order chi connectivity index (χ0) is 8.36. The van der Waals surface area contributed by atoms with Crippen molar-refractivity contribution in [2.45, 2.75) is 18.8 Å². The summed E-state index contributed by atoms with van der Waals surface area (Å²) < 4.78 is 0. The third-order valence-corrected chi connectivity index (χ3v) is 1.29. The largest absolute Gasteiger partial charge is 0.389 e. The molecule has 0 aromatic rings. The van der Waals surface area contributed by atoms with Gasteiger partial charge >= 0.3 is 0 Å². The van der Waals surface area contributed by atoms with Crippen LogP contribution >= 0.6 is 0 Å². The smallest absolute Gasteiger partial charge is 0.291 e. The molecule has 0 radical (unpaired) electrons. The Bertz CT molecular complexity index is 136. The van der Waals surface area contributed by atoms with Crippen LogP contribution < -0.4 is 0 Å². The van der Waals surface area contributed by atoms with E-state index in [-0.39, 0.29) is 0 Å². The quantitative estimate of drug-likeness (QED) is 0.254. The zero-order valence-electron chi connectivity index (χ0n) is 5.39. The Kier molecular flexibility index (Phi) is 2.70. The molecule has 0 rings (SSSR count). The summed E-state index contributed by atoms with van der Waals surface area (Å²) in [6.45, 7) is 0.0370. The summed E-state index contributed by atoms with van der Waals surface area (Å²) in [5.74, 6) is 0. The van der Waals surface area contributed by atoms with Crippen LogP contribution in [0.3, 0.4) is 0 Å². The molecular weight excluding hydrogens is 142 g/mol. The fourth-order valence-electron chi connectivity index (χ4n) is 0.234. The molecule has 0 aromatic carbocycles. The molecule has 6 nitrogen and oxygen atoms in total. The van der Waals surface area contributed by atoms with Crippen LogP contribution in [0.4, 0.5) is 0 Å². The van der Waals surface area contributed by atoms with Crippen molar-refractivity contribution in [3.8, 4) is 0 Å². The Morgan fingerprint density at radius 2 is 2.10 bits per heavy atom. The molecular formula is C4H9NO5. The highest BCUT2D eigenvalue weighted by Gasteiger charge is 2.43. The number of aliphatic hydroxyl groups excluding tert-OH is 2. The van der Waals surface area contributed by atoms with Gasteiger partial charge in [0.15, 0.2) is 0 Å². The molecule has 0 heterocycles. The van der Waals surface area contributed by atoms with Crippen LogP contribution in [-0.2, 0) is 0 Å². The molecule has 0 aliphatic rings. The van der Waals surface area contributed by atoms with Crippen molar-refractivity contribution in [2.24, 2.45) is 0 Å². The van der Waals surface area contributed by atoms with Gasteiger partial charge in [0.2, 0.25) is 6.29 Å². The summed E-state index contributed by atoms with van der Waals surface area (Å²) in [6.07, 6.45) is -2.15. The van der Waals surface area contributed by atoms with E-state index in [0.29, 0.717) is 0 Å². The summed E-state index contributed by atoms with van der Waals surface area (Å²) in [6, 6.07) is 0. The van der Waals surface area contributed by atoms with E-state index < -0.39 is 23.4 Å². The lowest BCUT2D eigenvalue weighted by Crippen LogP contribution is -2.49. The number of hydrogen-bond acceptors (Lipinski definition) is 5. The van der Waals surface area contributed by atoms with Crippen LogP contribution in [0.1, 0.15) is 6.92 Å². The molecule has 0 saturated heterocycles. The molecule has 0 aromatic heterocycles. The molecule has 0 spiro atoms. The van der Waals surface area contributed by atoms with E-state index in [1.807, 2.05) is 0 Å². The van der Waals surface area contributed by atoms with Crippen molar-refractivity contribution < 1.29 is 20.2 Å². The van der Waals surface area contributed by atoms with Crippen molar-refractivity contribution >= 4 is 0 Å². The van der Waals surface area contributed by atoms with Crippen molar-refractivity contribution in [1.82, 2.24) is 0 Å². The molecule has 0 bridgehead atoms. The van der Waals surface area contributed by atoms with E-state index >= 15 is 0 Å². The molecule has 10 heavy (non-hydrogen) atoms. The predicted octanol–water partition coefficient (Wildman–Crippen LogP) is -1.68. The first kappa shape index (κ1) is 9.28. The van der Waals surface area contributed by atoms with Crippen molar-refractivity contribution in [1.29, 1.82) is 0 Å². The molecule has 60 valence electrons. The van der Waals surface area contributed by atoms with Gasteiger partial charge in [-0.15, -0.1) is 0 Å². The Hall–Kier alpha value is -0.720. The zero-order valence-corrected chi connectivity index (χ0v) is 5.39. The van der Waals surface area contributed by atoms with Crippen molar-refractivity contribution in [3.63, 3.8) is 0 Å². The lowest BCUT2D eigenvalue weighted by molar-refractivity contribution is -0.593. The summed E-state index contributed by atoms with van der Waals surface area (Å²) in [5.41, 5.74) is -2.07. The summed E-state index contributed by atoms with van der Waals surface area (Å²) >= 11 is 0. The second kappa shape index (κ2) is 2.91. The van der Waals surface area contributed by atoms with Gasteiger partial charge in [0.25, 0.3) is 5.54 Å². The molecule has 0 fully saturated rings. The third-order valence-electron chi connectivity index (χ3n) is 1.29. The fraction of sp³-hybridized carbons (Fsp3) is 1.00. The van der Waals surface area contributed by atoms with Gasteiger partial charge in [-0.2, -0.15) is 0 Å². The first-order valence-corrected chi connectivity index (χ1v) is 2.56. The predicted molar refractivity (Wildman–Crippen MR) is 30.7 cm³/mol. The minimum atomic E-state index is -2.15. The maximum Gasteiger partial charge on any atom is 0.291 e. The average Bonchev–Trinajstić information content (AvgIpc) is 1.85. The molecule has 0 saturated carbocycles. The highest BCUT2D eigenvalue weighted by Crippen LogP contribution is 2.11. The molecule has 0 aliphatic heterocycles. The number of rotatable bonds is 3. The van der Waals surface area contributed by atoms with E-state index in [1.165, 1.54) is 0 Å². The highest BCUT2D eigenvalue weighted by atomic mass is 16.6. The average molecular weight is 151 g/mol. The summed E-state index contributed by atoms with van der Waals surface area (Å²) in [5, 5.41) is 35.2. The molecule has 0 amide bonds. The van der Waals surface area contributed by atoms with Crippen LogP contribution in [0.15, 0.2) is 0 Å². The maximum atomic E-state index is 10.0. The summed E-state index contributed by atoms with van der Waals surface area (Å²) in [4.78, 5) is 9.09. The number of nitro groups is 1. The van der Waals surface area contributed by atoms with Crippen LogP contribution in [-0.4, -0.2) is 38.7 Å². The van der Waals surface area contributed by atoms with Gasteiger partial charge in [-0.25, -0.2) is 0 Å². The Morgan fingerprint density at radius 3 is 2.10 bits per heavy atom. The minimum absolute atomic E-state index is 0.905. The topological polar surface area (TPSA) is 104 Å². The highest BCUT2D eigenvalue weighted by molar-refractivity contribution is 4.73. The standard InChI is InChI=1S/C4H9NO5/c1-4(2-6,3(7)8)5(9)10/h3,6-8H,2H2,1H3. The van der Waals surface area contributed by atoms with Crippen molar-refractivity contribution in [2.75, 3.05) is 6.61 Å².